The summed E-state index contributed by atoms with van der Waals surface area (Å²) in [5, 5.41) is 3.22. The van der Waals surface area contributed by atoms with Crippen LogP contribution in [0.5, 0.6) is 0 Å². The Kier molecular flexibility index (Phi) is 3.19. The van der Waals surface area contributed by atoms with E-state index in [2.05, 4.69) is 5.32 Å². The van der Waals surface area contributed by atoms with Gasteiger partial charge in [0.25, 0.3) is 0 Å². The van der Waals surface area contributed by atoms with Crippen molar-refractivity contribution in [1.82, 2.24) is 5.32 Å². The number of hydrogen-bond donors (Lipinski definition) is 2. The Morgan fingerprint density at radius 2 is 1.69 bits per heavy atom. The third-order valence-electron chi connectivity index (χ3n) is 4.26. The van der Waals surface area contributed by atoms with E-state index in [1.54, 1.807) is 0 Å². The summed E-state index contributed by atoms with van der Waals surface area (Å²) in [6.07, 6.45) is 8.08. The van der Waals surface area contributed by atoms with Gasteiger partial charge in [0.15, 0.2) is 0 Å². The van der Waals surface area contributed by atoms with Gasteiger partial charge >= 0.3 is 0 Å². The average molecular weight is 245 g/mol. The van der Waals surface area contributed by atoms with Crippen LogP contribution < -0.4 is 11.1 Å². The summed E-state index contributed by atoms with van der Waals surface area (Å²) in [5.41, 5.74) is 5.51. The average Bonchev–Trinajstić information content (AvgIpc) is 3.01. The zero-order valence-corrected chi connectivity index (χ0v) is 10.4. The SMILES string of the molecule is Cl.NC1(C(=O)NC(C2CC2)C2CC2)CCC1. The molecule has 3 aliphatic rings. The Labute approximate surface area is 103 Å². The lowest BCUT2D eigenvalue weighted by atomic mass is 9.77. The number of carbonyl (C=O) groups is 1. The lowest BCUT2D eigenvalue weighted by molar-refractivity contribution is -0.130. The van der Waals surface area contributed by atoms with Gasteiger partial charge in [0.1, 0.15) is 0 Å². The molecule has 0 aromatic carbocycles. The maximum atomic E-state index is 12.0. The zero-order valence-electron chi connectivity index (χ0n) is 9.58. The number of nitrogens with one attached hydrogen (secondary N) is 1. The molecule has 0 aliphatic heterocycles. The number of hydrogen-bond acceptors (Lipinski definition) is 2. The second-order valence-electron chi connectivity index (χ2n) is 5.68. The second-order valence-corrected chi connectivity index (χ2v) is 5.68. The van der Waals surface area contributed by atoms with Gasteiger partial charge in [-0.15, -0.1) is 12.4 Å². The molecule has 3 fully saturated rings. The van der Waals surface area contributed by atoms with Crippen LogP contribution in [0.25, 0.3) is 0 Å². The number of halogens is 1. The molecule has 3 N–H and O–H groups in total. The minimum absolute atomic E-state index is 0. The van der Waals surface area contributed by atoms with Crippen LogP contribution in [0.15, 0.2) is 0 Å². The van der Waals surface area contributed by atoms with Crippen molar-refractivity contribution in [3.8, 4) is 0 Å². The third-order valence-corrected chi connectivity index (χ3v) is 4.26. The molecule has 0 radical (unpaired) electrons. The molecule has 0 unspecified atom stereocenters. The molecule has 3 saturated carbocycles. The van der Waals surface area contributed by atoms with Crippen LogP contribution in [0.4, 0.5) is 0 Å². The van der Waals surface area contributed by atoms with Crippen LogP contribution in [0.3, 0.4) is 0 Å². The summed E-state index contributed by atoms with van der Waals surface area (Å²) in [6, 6.07) is 0.457. The molecule has 3 aliphatic carbocycles. The van der Waals surface area contributed by atoms with Gasteiger partial charge in [0.2, 0.25) is 5.91 Å². The highest BCUT2D eigenvalue weighted by molar-refractivity contribution is 5.87. The van der Waals surface area contributed by atoms with E-state index in [-0.39, 0.29) is 18.3 Å². The monoisotopic (exact) mass is 244 g/mol. The standard InChI is InChI=1S/C12H20N2O.ClH/c13-12(6-1-7-12)11(15)14-10(8-2-3-8)9-4-5-9;/h8-10H,1-7,13H2,(H,14,15);1H. The minimum Gasteiger partial charge on any atom is -0.351 e. The molecule has 0 aromatic rings. The van der Waals surface area contributed by atoms with Gasteiger partial charge in [-0.2, -0.15) is 0 Å². The van der Waals surface area contributed by atoms with Crippen molar-refractivity contribution in [3.63, 3.8) is 0 Å². The van der Waals surface area contributed by atoms with Crippen LogP contribution in [-0.4, -0.2) is 17.5 Å². The van der Waals surface area contributed by atoms with Crippen molar-refractivity contribution >= 4 is 18.3 Å². The minimum atomic E-state index is -0.512. The largest absolute Gasteiger partial charge is 0.351 e. The van der Waals surface area contributed by atoms with Crippen LogP contribution in [-0.2, 0) is 4.79 Å². The fourth-order valence-corrected chi connectivity index (χ4v) is 2.61. The first-order valence-corrected chi connectivity index (χ1v) is 6.29. The van der Waals surface area contributed by atoms with Gasteiger partial charge in [-0.1, -0.05) is 0 Å². The van der Waals surface area contributed by atoms with Crippen LogP contribution in [0, 0.1) is 11.8 Å². The van der Waals surface area contributed by atoms with Crippen molar-refractivity contribution in [2.75, 3.05) is 0 Å². The normalized spacial score (nSPS) is 26.9. The predicted molar refractivity (Wildman–Crippen MR) is 65.4 cm³/mol. The van der Waals surface area contributed by atoms with Gasteiger partial charge < -0.3 is 11.1 Å². The summed E-state index contributed by atoms with van der Waals surface area (Å²) in [4.78, 5) is 12.0. The van der Waals surface area contributed by atoms with Crippen molar-refractivity contribution in [2.45, 2.75) is 56.5 Å². The Balaban J connectivity index is 0.000000963. The molecular formula is C12H21ClN2O. The Morgan fingerprint density at radius 1 is 1.19 bits per heavy atom. The van der Waals surface area contributed by atoms with Gasteiger partial charge in [0.05, 0.1) is 5.54 Å². The van der Waals surface area contributed by atoms with Crippen molar-refractivity contribution < 1.29 is 4.79 Å². The molecule has 92 valence electrons. The van der Waals surface area contributed by atoms with Gasteiger partial charge in [-0.25, -0.2) is 0 Å². The van der Waals surface area contributed by atoms with E-state index in [0.29, 0.717) is 6.04 Å². The molecule has 3 rings (SSSR count). The van der Waals surface area contributed by atoms with Crippen molar-refractivity contribution in [1.29, 1.82) is 0 Å². The second kappa shape index (κ2) is 4.19. The first-order chi connectivity index (χ1) is 7.19. The molecule has 16 heavy (non-hydrogen) atoms. The Morgan fingerprint density at radius 3 is 2.00 bits per heavy atom. The molecule has 0 aromatic heterocycles. The summed E-state index contributed by atoms with van der Waals surface area (Å²) in [7, 11) is 0. The number of rotatable bonds is 4. The van der Waals surface area contributed by atoms with E-state index in [1.807, 2.05) is 0 Å². The Hall–Kier alpha value is -0.280. The zero-order chi connectivity index (χ0) is 10.5. The molecule has 3 nitrogen and oxygen atoms in total. The lowest BCUT2D eigenvalue weighted by Crippen LogP contribution is -2.60. The number of carbonyl (C=O) groups excluding carboxylic acids is 1. The highest BCUT2D eigenvalue weighted by Gasteiger charge is 2.46. The maximum Gasteiger partial charge on any atom is 0.240 e. The van der Waals surface area contributed by atoms with E-state index in [0.717, 1.165) is 31.1 Å². The van der Waals surface area contributed by atoms with Crippen LogP contribution >= 0.6 is 12.4 Å². The maximum absolute atomic E-state index is 12.0. The fraction of sp³-hybridized carbons (Fsp3) is 0.917. The molecule has 0 saturated heterocycles. The van der Waals surface area contributed by atoms with Gasteiger partial charge in [0, 0.05) is 6.04 Å². The van der Waals surface area contributed by atoms with E-state index in [1.165, 1.54) is 25.7 Å². The summed E-state index contributed by atoms with van der Waals surface area (Å²) in [5.74, 6) is 1.66. The highest BCUT2D eigenvalue weighted by Crippen LogP contribution is 2.45. The molecule has 0 atom stereocenters. The first kappa shape index (κ1) is 12.2. The summed E-state index contributed by atoms with van der Waals surface area (Å²) < 4.78 is 0. The molecule has 1 amide bonds. The summed E-state index contributed by atoms with van der Waals surface area (Å²) in [6.45, 7) is 0. The molecule has 0 spiro atoms. The highest BCUT2D eigenvalue weighted by atomic mass is 35.5. The van der Waals surface area contributed by atoms with E-state index in [9.17, 15) is 4.79 Å². The predicted octanol–water partition coefficient (Wildman–Crippen LogP) is 1.59. The fourth-order valence-electron chi connectivity index (χ4n) is 2.61. The van der Waals surface area contributed by atoms with E-state index < -0.39 is 5.54 Å². The number of nitrogens with two attached hydrogens (primary N) is 1. The Bertz CT molecular complexity index is 271. The smallest absolute Gasteiger partial charge is 0.240 e. The van der Waals surface area contributed by atoms with E-state index in [4.69, 9.17) is 5.73 Å². The van der Waals surface area contributed by atoms with Gasteiger partial charge in [-0.05, 0) is 56.8 Å². The molecule has 0 bridgehead atoms. The van der Waals surface area contributed by atoms with Crippen molar-refractivity contribution in [2.24, 2.45) is 17.6 Å². The van der Waals surface area contributed by atoms with E-state index >= 15 is 0 Å². The molecule has 0 heterocycles. The first-order valence-electron chi connectivity index (χ1n) is 6.29. The van der Waals surface area contributed by atoms with Crippen LogP contribution in [0.1, 0.15) is 44.9 Å². The third kappa shape index (κ3) is 2.21. The number of amides is 1. The summed E-state index contributed by atoms with van der Waals surface area (Å²) >= 11 is 0. The van der Waals surface area contributed by atoms with Crippen LogP contribution in [0.2, 0.25) is 0 Å². The van der Waals surface area contributed by atoms with Crippen molar-refractivity contribution in [3.05, 3.63) is 0 Å². The lowest BCUT2D eigenvalue weighted by Gasteiger charge is -2.37. The molecular weight excluding hydrogens is 224 g/mol. The van der Waals surface area contributed by atoms with Gasteiger partial charge in [-0.3, -0.25) is 4.79 Å². The topological polar surface area (TPSA) is 55.1 Å². The molecule has 4 heteroatoms. The quantitative estimate of drug-likeness (QED) is 0.789.